The van der Waals surface area contributed by atoms with Crippen molar-refractivity contribution in [1.29, 1.82) is 0 Å². The first-order chi connectivity index (χ1) is 9.20. The van der Waals surface area contributed by atoms with Crippen LogP contribution in [0.4, 0.5) is 5.69 Å². The zero-order valence-corrected chi connectivity index (χ0v) is 11.5. The highest BCUT2D eigenvalue weighted by Crippen LogP contribution is 2.27. The minimum Gasteiger partial charge on any atom is -0.477 e. The summed E-state index contributed by atoms with van der Waals surface area (Å²) >= 11 is 1.72. The van der Waals surface area contributed by atoms with Crippen molar-refractivity contribution in [2.45, 2.75) is 25.8 Å². The second kappa shape index (κ2) is 6.33. The minimum atomic E-state index is -1.00. The van der Waals surface area contributed by atoms with Crippen LogP contribution < -0.4 is 5.32 Å². The number of carboxylic acids is 1. The quantitative estimate of drug-likeness (QED) is 0.842. The number of nitrogens with zero attached hydrogens (tertiary/aromatic N) is 1. The van der Waals surface area contributed by atoms with Gasteiger partial charge in [0.05, 0.1) is 17.9 Å². The molecule has 0 aromatic carbocycles. The van der Waals surface area contributed by atoms with E-state index in [2.05, 4.69) is 28.7 Å². The third-order valence-corrected chi connectivity index (χ3v) is 3.77. The van der Waals surface area contributed by atoms with Crippen molar-refractivity contribution in [3.8, 4) is 0 Å². The van der Waals surface area contributed by atoms with Gasteiger partial charge >= 0.3 is 5.97 Å². The van der Waals surface area contributed by atoms with E-state index in [0.29, 0.717) is 0 Å². The lowest BCUT2D eigenvalue weighted by Gasteiger charge is -2.17. The second-order valence-corrected chi connectivity index (χ2v) is 5.22. The summed E-state index contributed by atoms with van der Waals surface area (Å²) in [6, 6.07) is 7.67. The molecule has 2 N–H and O–H groups in total. The van der Waals surface area contributed by atoms with Gasteiger partial charge in [0, 0.05) is 4.88 Å². The van der Waals surface area contributed by atoms with Gasteiger partial charge in [0.2, 0.25) is 0 Å². The molecule has 0 radical (unpaired) electrons. The third kappa shape index (κ3) is 3.54. The number of aromatic nitrogens is 1. The standard InChI is InChI=1S/C14H16N2O2S/c1-2-4-11(13-5-3-8-19-13)16-10-6-7-12(14(17)18)15-9-10/h3,5-9,11,16H,2,4H2,1H3,(H,17,18). The van der Waals surface area contributed by atoms with Crippen LogP contribution in [0.5, 0.6) is 0 Å². The number of thiophene rings is 1. The summed E-state index contributed by atoms with van der Waals surface area (Å²) < 4.78 is 0. The average Bonchev–Trinajstić information content (AvgIpc) is 2.92. The van der Waals surface area contributed by atoms with Crippen LogP contribution in [0.1, 0.15) is 41.2 Å². The summed E-state index contributed by atoms with van der Waals surface area (Å²) in [7, 11) is 0. The Morgan fingerprint density at radius 2 is 2.32 bits per heavy atom. The molecule has 0 saturated carbocycles. The van der Waals surface area contributed by atoms with Crippen molar-refractivity contribution >= 4 is 23.0 Å². The van der Waals surface area contributed by atoms with Gasteiger partial charge in [0.25, 0.3) is 0 Å². The SMILES string of the molecule is CCCC(Nc1ccc(C(=O)O)nc1)c1cccs1. The van der Waals surface area contributed by atoms with Gasteiger partial charge in [0.1, 0.15) is 5.69 Å². The van der Waals surface area contributed by atoms with E-state index in [1.54, 1.807) is 23.6 Å². The second-order valence-electron chi connectivity index (χ2n) is 4.24. The molecule has 0 bridgehead atoms. The number of carboxylic acid groups (broad SMARTS) is 1. The number of carbonyl (C=O) groups is 1. The minimum absolute atomic E-state index is 0.0636. The predicted molar refractivity (Wildman–Crippen MR) is 76.8 cm³/mol. The van der Waals surface area contributed by atoms with Crippen molar-refractivity contribution in [2.24, 2.45) is 0 Å². The van der Waals surface area contributed by atoms with Crippen LogP contribution in [0.15, 0.2) is 35.8 Å². The number of aromatic carboxylic acids is 1. The lowest BCUT2D eigenvalue weighted by molar-refractivity contribution is 0.0690. The van der Waals surface area contributed by atoms with Crippen LogP contribution in [0.3, 0.4) is 0 Å². The summed E-state index contributed by atoms with van der Waals surface area (Å²) in [6.45, 7) is 2.15. The molecule has 1 unspecified atom stereocenters. The van der Waals surface area contributed by atoms with Gasteiger partial charge in [-0.3, -0.25) is 0 Å². The van der Waals surface area contributed by atoms with Gasteiger partial charge in [-0.05, 0) is 30.0 Å². The van der Waals surface area contributed by atoms with Gasteiger partial charge in [-0.25, -0.2) is 9.78 Å². The Kier molecular flexibility index (Phi) is 4.52. The predicted octanol–water partition coefficient (Wildman–Crippen LogP) is 3.79. The van der Waals surface area contributed by atoms with E-state index in [1.807, 2.05) is 6.07 Å². The molecule has 2 aromatic rings. The molecule has 2 rings (SSSR count). The molecule has 0 aliphatic heterocycles. The molecule has 5 heteroatoms. The molecule has 0 fully saturated rings. The van der Waals surface area contributed by atoms with Crippen LogP contribution in [-0.4, -0.2) is 16.1 Å². The highest BCUT2D eigenvalue weighted by atomic mass is 32.1. The number of hydrogen-bond acceptors (Lipinski definition) is 4. The fraction of sp³-hybridized carbons (Fsp3) is 0.286. The van der Waals surface area contributed by atoms with Gasteiger partial charge in [-0.15, -0.1) is 11.3 Å². The highest BCUT2D eigenvalue weighted by Gasteiger charge is 2.12. The molecular weight excluding hydrogens is 260 g/mol. The maximum atomic E-state index is 10.7. The molecule has 0 amide bonds. The Morgan fingerprint density at radius 1 is 1.47 bits per heavy atom. The monoisotopic (exact) mass is 276 g/mol. The van der Waals surface area contributed by atoms with Gasteiger partial charge in [-0.1, -0.05) is 19.4 Å². The van der Waals surface area contributed by atoms with E-state index in [4.69, 9.17) is 5.11 Å². The molecule has 1 atom stereocenters. The largest absolute Gasteiger partial charge is 0.477 e. The van der Waals surface area contributed by atoms with E-state index in [0.717, 1.165) is 18.5 Å². The maximum absolute atomic E-state index is 10.7. The molecule has 0 spiro atoms. The van der Waals surface area contributed by atoms with E-state index < -0.39 is 5.97 Å². The first-order valence-electron chi connectivity index (χ1n) is 6.20. The Bertz CT molecular complexity index is 523. The Morgan fingerprint density at radius 3 is 2.84 bits per heavy atom. The zero-order valence-electron chi connectivity index (χ0n) is 10.7. The summed E-state index contributed by atoms with van der Waals surface area (Å²) in [5.41, 5.74) is 0.908. The molecule has 2 heterocycles. The summed E-state index contributed by atoms with van der Waals surface area (Å²) in [4.78, 5) is 15.9. The van der Waals surface area contributed by atoms with Gasteiger partial charge < -0.3 is 10.4 Å². The molecule has 100 valence electrons. The Hall–Kier alpha value is -1.88. The lowest BCUT2D eigenvalue weighted by Crippen LogP contribution is -2.10. The zero-order chi connectivity index (χ0) is 13.7. The molecule has 0 aliphatic rings. The normalized spacial score (nSPS) is 12.1. The number of hydrogen-bond donors (Lipinski definition) is 2. The number of pyridine rings is 1. The van der Waals surface area contributed by atoms with Crippen LogP contribution in [0.2, 0.25) is 0 Å². The summed E-state index contributed by atoms with van der Waals surface area (Å²) in [5, 5.41) is 14.3. The summed E-state index contributed by atoms with van der Waals surface area (Å²) in [5.74, 6) is -1.00. The van der Waals surface area contributed by atoms with E-state index in [9.17, 15) is 4.79 Å². The number of rotatable bonds is 6. The molecule has 19 heavy (non-hydrogen) atoms. The topological polar surface area (TPSA) is 62.2 Å². The highest BCUT2D eigenvalue weighted by molar-refractivity contribution is 7.10. The molecule has 0 aliphatic carbocycles. The van der Waals surface area contributed by atoms with Crippen molar-refractivity contribution in [3.63, 3.8) is 0 Å². The fourth-order valence-electron chi connectivity index (χ4n) is 1.87. The molecule has 2 aromatic heterocycles. The van der Waals surface area contributed by atoms with Crippen LogP contribution in [0.25, 0.3) is 0 Å². The molecule has 0 saturated heterocycles. The Labute approximate surface area is 116 Å². The van der Waals surface area contributed by atoms with Crippen molar-refractivity contribution < 1.29 is 9.90 Å². The lowest BCUT2D eigenvalue weighted by atomic mass is 10.1. The smallest absolute Gasteiger partial charge is 0.354 e. The van der Waals surface area contributed by atoms with Gasteiger partial charge in [-0.2, -0.15) is 0 Å². The van der Waals surface area contributed by atoms with Crippen LogP contribution in [0, 0.1) is 0 Å². The fourth-order valence-corrected chi connectivity index (χ4v) is 2.68. The average molecular weight is 276 g/mol. The van der Waals surface area contributed by atoms with Crippen LogP contribution in [-0.2, 0) is 0 Å². The number of nitrogens with one attached hydrogen (secondary N) is 1. The first-order valence-corrected chi connectivity index (χ1v) is 7.08. The first kappa shape index (κ1) is 13.5. The molecular formula is C14H16N2O2S. The van der Waals surface area contributed by atoms with Crippen LogP contribution >= 0.6 is 11.3 Å². The van der Waals surface area contributed by atoms with Gasteiger partial charge in [0.15, 0.2) is 0 Å². The Balaban J connectivity index is 2.11. The van der Waals surface area contributed by atoms with E-state index in [1.165, 1.54) is 10.9 Å². The summed E-state index contributed by atoms with van der Waals surface area (Å²) in [6.07, 6.45) is 3.68. The van der Waals surface area contributed by atoms with E-state index in [-0.39, 0.29) is 11.7 Å². The van der Waals surface area contributed by atoms with Crippen molar-refractivity contribution in [3.05, 3.63) is 46.4 Å². The molecule has 4 nitrogen and oxygen atoms in total. The van der Waals surface area contributed by atoms with E-state index >= 15 is 0 Å². The number of anilines is 1. The third-order valence-electron chi connectivity index (χ3n) is 2.79. The van der Waals surface area contributed by atoms with Crippen molar-refractivity contribution in [1.82, 2.24) is 4.98 Å². The maximum Gasteiger partial charge on any atom is 0.354 e. The van der Waals surface area contributed by atoms with Crippen molar-refractivity contribution in [2.75, 3.05) is 5.32 Å².